The van der Waals surface area contributed by atoms with E-state index in [1.165, 1.54) is 6.92 Å². The number of carbonyl (C=O) groups is 2. The maximum absolute atomic E-state index is 11.3. The molecule has 18 heavy (non-hydrogen) atoms. The lowest BCUT2D eigenvalue weighted by atomic mass is 10.2. The first-order chi connectivity index (χ1) is 8.45. The molecule has 8 heteroatoms. The smallest absolute Gasteiger partial charge is 0.239 e. The third kappa shape index (κ3) is 9.13. The predicted molar refractivity (Wildman–Crippen MR) is 65.5 cm³/mol. The number of guanidine groups is 1. The zero-order chi connectivity index (χ0) is 14.0. The van der Waals surface area contributed by atoms with Crippen molar-refractivity contribution in [1.82, 2.24) is 16.0 Å². The average Bonchev–Trinajstić information content (AvgIpc) is 2.30. The number of hydrogen-bond acceptors (Lipinski definition) is 4. The van der Waals surface area contributed by atoms with E-state index >= 15 is 0 Å². The molecule has 1 radical (unpaired) electrons. The lowest BCUT2D eigenvalue weighted by Gasteiger charge is -2.12. The molecule has 0 aliphatic rings. The minimum absolute atomic E-state index is 0.142. The van der Waals surface area contributed by atoms with Gasteiger partial charge in [-0.05, 0) is 12.8 Å². The third-order valence-electron chi connectivity index (χ3n) is 1.96. The fourth-order valence-corrected chi connectivity index (χ4v) is 1.14. The number of rotatable bonds is 8. The summed E-state index contributed by atoms with van der Waals surface area (Å²) in [5, 5.41) is 14.2. The molecule has 0 aromatic carbocycles. The largest absolute Gasteiger partial charge is 0.370 e. The summed E-state index contributed by atoms with van der Waals surface area (Å²) in [7, 11) is 0. The Labute approximate surface area is 105 Å². The Hall–Kier alpha value is -2.12. The van der Waals surface area contributed by atoms with Crippen molar-refractivity contribution in [2.24, 2.45) is 5.73 Å². The van der Waals surface area contributed by atoms with Crippen molar-refractivity contribution in [3.8, 4) is 0 Å². The normalized spacial score (nSPS) is 11.2. The van der Waals surface area contributed by atoms with Crippen LogP contribution in [0.15, 0.2) is 0 Å². The first-order valence-electron chi connectivity index (χ1n) is 5.45. The molecule has 0 aliphatic carbocycles. The number of amides is 2. The second-order valence-electron chi connectivity index (χ2n) is 3.63. The van der Waals surface area contributed by atoms with Gasteiger partial charge in [0.25, 0.3) is 0 Å². The van der Waals surface area contributed by atoms with Crippen LogP contribution in [0.4, 0.5) is 0 Å². The second-order valence-corrected chi connectivity index (χ2v) is 3.63. The van der Waals surface area contributed by atoms with Crippen LogP contribution in [-0.4, -0.2) is 43.2 Å². The molecule has 1 unspecified atom stereocenters. The molecule has 1 atom stereocenters. The summed E-state index contributed by atoms with van der Waals surface area (Å²) in [5.74, 6) is -0.906. The van der Waals surface area contributed by atoms with Crippen LogP contribution in [0.5, 0.6) is 0 Å². The van der Waals surface area contributed by atoms with Gasteiger partial charge in [-0.15, -0.1) is 0 Å². The predicted octanol–water partition coefficient (Wildman–Crippen LogP) is -2.02. The van der Waals surface area contributed by atoms with Crippen LogP contribution in [0.3, 0.4) is 0 Å². The molecule has 0 aromatic rings. The minimum atomic E-state index is -0.722. The SMILES string of the molecule is CC(=O)NCC(=O)NC([C]=O)CCCNC(=N)N. The standard InChI is InChI=1S/C10H18N5O3/c1-7(17)14-5-9(18)15-8(6-16)3-2-4-13-10(11)12/h8H,2-5H2,1H3,(H,14,17)(H,15,18)(H4,11,12,13). The van der Waals surface area contributed by atoms with Crippen molar-refractivity contribution in [3.63, 3.8) is 0 Å². The molecule has 0 aromatic heterocycles. The topological polar surface area (TPSA) is 137 Å². The molecule has 0 fully saturated rings. The van der Waals surface area contributed by atoms with E-state index in [1.54, 1.807) is 6.29 Å². The molecule has 2 amide bonds. The van der Waals surface area contributed by atoms with Crippen molar-refractivity contribution in [2.75, 3.05) is 13.1 Å². The molecule has 0 aliphatic heterocycles. The summed E-state index contributed by atoms with van der Waals surface area (Å²) in [4.78, 5) is 32.4. The molecular formula is C10H18N5O3. The van der Waals surface area contributed by atoms with Crippen LogP contribution < -0.4 is 21.7 Å². The van der Waals surface area contributed by atoms with Gasteiger partial charge < -0.3 is 21.7 Å². The van der Waals surface area contributed by atoms with Crippen molar-refractivity contribution in [1.29, 1.82) is 5.41 Å². The van der Waals surface area contributed by atoms with Crippen LogP contribution in [0.2, 0.25) is 0 Å². The number of hydrogen-bond donors (Lipinski definition) is 5. The van der Waals surface area contributed by atoms with Gasteiger partial charge in [0.1, 0.15) is 0 Å². The molecule has 6 N–H and O–H groups in total. The summed E-state index contributed by atoms with van der Waals surface area (Å²) < 4.78 is 0. The summed E-state index contributed by atoms with van der Waals surface area (Å²) >= 11 is 0. The van der Waals surface area contributed by atoms with Gasteiger partial charge in [0.05, 0.1) is 12.6 Å². The van der Waals surface area contributed by atoms with E-state index in [4.69, 9.17) is 11.1 Å². The average molecular weight is 256 g/mol. The van der Waals surface area contributed by atoms with E-state index < -0.39 is 11.9 Å². The molecule has 0 spiro atoms. The van der Waals surface area contributed by atoms with Gasteiger partial charge in [-0.3, -0.25) is 19.8 Å². The lowest BCUT2D eigenvalue weighted by Crippen LogP contribution is -2.42. The Morgan fingerprint density at radius 2 is 2.06 bits per heavy atom. The van der Waals surface area contributed by atoms with Gasteiger partial charge in [0.2, 0.25) is 18.1 Å². The zero-order valence-electron chi connectivity index (χ0n) is 10.2. The molecular weight excluding hydrogens is 238 g/mol. The van der Waals surface area contributed by atoms with Crippen molar-refractivity contribution in [2.45, 2.75) is 25.8 Å². The number of nitrogens with two attached hydrogens (primary N) is 1. The Morgan fingerprint density at radius 1 is 1.39 bits per heavy atom. The van der Waals surface area contributed by atoms with E-state index in [2.05, 4.69) is 16.0 Å². The van der Waals surface area contributed by atoms with Crippen LogP contribution in [0.1, 0.15) is 19.8 Å². The van der Waals surface area contributed by atoms with Gasteiger partial charge in [-0.2, -0.15) is 0 Å². The maximum Gasteiger partial charge on any atom is 0.239 e. The maximum atomic E-state index is 11.3. The highest BCUT2D eigenvalue weighted by atomic mass is 16.2. The second kappa shape index (κ2) is 8.97. The van der Waals surface area contributed by atoms with Crippen LogP contribution >= 0.6 is 0 Å². The van der Waals surface area contributed by atoms with Gasteiger partial charge in [0.15, 0.2) is 5.96 Å². The fourth-order valence-electron chi connectivity index (χ4n) is 1.14. The zero-order valence-corrected chi connectivity index (χ0v) is 10.2. The quantitative estimate of drug-likeness (QED) is 0.194. The molecule has 0 saturated carbocycles. The van der Waals surface area contributed by atoms with Gasteiger partial charge in [-0.1, -0.05) is 0 Å². The van der Waals surface area contributed by atoms with Crippen molar-refractivity contribution >= 4 is 24.1 Å². The van der Waals surface area contributed by atoms with E-state index in [0.717, 1.165) is 0 Å². The highest BCUT2D eigenvalue weighted by molar-refractivity contribution is 5.85. The number of nitrogens with one attached hydrogen (secondary N) is 4. The van der Waals surface area contributed by atoms with E-state index in [-0.39, 0.29) is 18.4 Å². The first kappa shape index (κ1) is 15.9. The van der Waals surface area contributed by atoms with Crippen molar-refractivity contribution in [3.05, 3.63) is 0 Å². The fraction of sp³-hybridized carbons (Fsp3) is 0.600. The summed E-state index contributed by atoms with van der Waals surface area (Å²) in [6.45, 7) is 1.57. The Balaban J connectivity index is 3.81. The third-order valence-corrected chi connectivity index (χ3v) is 1.96. The molecule has 0 bridgehead atoms. The molecule has 0 saturated heterocycles. The Morgan fingerprint density at radius 3 is 2.56 bits per heavy atom. The van der Waals surface area contributed by atoms with Gasteiger partial charge in [0, 0.05) is 13.5 Å². The van der Waals surface area contributed by atoms with Crippen LogP contribution in [0, 0.1) is 5.41 Å². The number of carbonyl (C=O) groups excluding carboxylic acids is 3. The van der Waals surface area contributed by atoms with Crippen LogP contribution in [-0.2, 0) is 14.4 Å². The molecule has 8 nitrogen and oxygen atoms in total. The monoisotopic (exact) mass is 256 g/mol. The van der Waals surface area contributed by atoms with E-state index in [1.807, 2.05) is 0 Å². The van der Waals surface area contributed by atoms with Crippen LogP contribution in [0.25, 0.3) is 0 Å². The Bertz CT molecular complexity index is 319. The summed E-state index contributed by atoms with van der Waals surface area (Å²) in [6.07, 6.45) is 2.64. The highest BCUT2D eigenvalue weighted by Crippen LogP contribution is 1.93. The highest BCUT2D eigenvalue weighted by Gasteiger charge is 2.11. The summed E-state index contributed by atoms with van der Waals surface area (Å²) in [6, 6.07) is -0.722. The molecule has 101 valence electrons. The van der Waals surface area contributed by atoms with E-state index in [0.29, 0.717) is 19.4 Å². The minimum Gasteiger partial charge on any atom is -0.370 e. The lowest BCUT2D eigenvalue weighted by molar-refractivity contribution is -0.125. The molecule has 0 rings (SSSR count). The van der Waals surface area contributed by atoms with E-state index in [9.17, 15) is 14.4 Å². The summed E-state index contributed by atoms with van der Waals surface area (Å²) in [5.41, 5.74) is 5.08. The van der Waals surface area contributed by atoms with Crippen molar-refractivity contribution < 1.29 is 14.4 Å². The Kier molecular flexibility index (Phi) is 7.91. The molecule has 0 heterocycles. The van der Waals surface area contributed by atoms with Gasteiger partial charge >= 0.3 is 0 Å². The van der Waals surface area contributed by atoms with Gasteiger partial charge in [-0.25, -0.2) is 0 Å². The first-order valence-corrected chi connectivity index (χ1v) is 5.45.